The van der Waals surface area contributed by atoms with Crippen molar-refractivity contribution in [1.29, 1.82) is 0 Å². The summed E-state index contributed by atoms with van der Waals surface area (Å²) in [5, 5.41) is 7.06. The molecule has 1 unspecified atom stereocenters. The Bertz CT molecular complexity index is 1260. The number of hydrogen-bond donors (Lipinski definition) is 2. The lowest BCUT2D eigenvalue weighted by molar-refractivity contribution is 0.102. The Morgan fingerprint density at radius 3 is 2.44 bits per heavy atom. The number of fused-ring (bicyclic) bond motifs is 1. The molecule has 1 aliphatic rings. The van der Waals surface area contributed by atoms with E-state index in [0.29, 0.717) is 27.1 Å². The summed E-state index contributed by atoms with van der Waals surface area (Å²) in [6, 6.07) is 12.9. The van der Waals surface area contributed by atoms with Crippen LogP contribution in [0.1, 0.15) is 69.5 Å². The van der Waals surface area contributed by atoms with Crippen molar-refractivity contribution in [3.8, 4) is 0 Å². The van der Waals surface area contributed by atoms with Crippen molar-refractivity contribution >= 4 is 45.4 Å². The van der Waals surface area contributed by atoms with Crippen molar-refractivity contribution in [3.05, 3.63) is 80.2 Å². The number of amides is 2. The molecule has 1 atom stereocenters. The first-order valence-corrected chi connectivity index (χ1v) is 12.8. The molecule has 4 rings (SSSR count). The molecule has 0 bridgehead atoms. The summed E-state index contributed by atoms with van der Waals surface area (Å²) in [5.74, 6) is 0.0336. The number of anilines is 2. The van der Waals surface area contributed by atoms with Gasteiger partial charge in [0.15, 0.2) is 0 Å². The maximum Gasteiger partial charge on any atom is 0.258 e. The molecule has 178 valence electrons. The minimum atomic E-state index is -0.308. The molecule has 0 saturated heterocycles. The first-order valence-electron chi connectivity index (χ1n) is 11.6. The number of nitrogens with one attached hydrogen (secondary N) is 2. The van der Waals surface area contributed by atoms with Crippen LogP contribution >= 0.6 is 22.9 Å². The fraction of sp³-hybridized carbons (Fsp3) is 0.357. The lowest BCUT2D eigenvalue weighted by Gasteiger charge is -2.33. The van der Waals surface area contributed by atoms with Crippen LogP contribution in [0, 0.1) is 25.2 Å². The fourth-order valence-corrected chi connectivity index (χ4v) is 6.15. The van der Waals surface area contributed by atoms with E-state index in [1.165, 1.54) is 16.2 Å². The molecule has 0 saturated carbocycles. The Hall–Kier alpha value is -2.63. The summed E-state index contributed by atoms with van der Waals surface area (Å²) in [7, 11) is 0. The second kappa shape index (κ2) is 9.55. The van der Waals surface area contributed by atoms with Crippen molar-refractivity contribution in [2.45, 2.75) is 53.9 Å². The van der Waals surface area contributed by atoms with Gasteiger partial charge in [0.05, 0.1) is 16.1 Å². The molecule has 1 aromatic heterocycles. The van der Waals surface area contributed by atoms with E-state index in [1.807, 2.05) is 32.0 Å². The average molecular weight is 495 g/mol. The summed E-state index contributed by atoms with van der Waals surface area (Å²) in [5.41, 5.74) is 5.14. The monoisotopic (exact) mass is 494 g/mol. The van der Waals surface area contributed by atoms with Gasteiger partial charge in [0.25, 0.3) is 11.8 Å². The third-order valence-electron chi connectivity index (χ3n) is 6.69. The number of carbonyl (C=O) groups excluding carboxylic acids is 2. The zero-order chi connectivity index (χ0) is 24.6. The van der Waals surface area contributed by atoms with E-state index >= 15 is 0 Å². The average Bonchev–Trinajstić information content (AvgIpc) is 3.12. The molecule has 0 fully saturated rings. The minimum Gasteiger partial charge on any atom is -0.322 e. The molecular weight excluding hydrogens is 464 g/mol. The lowest BCUT2D eigenvalue weighted by atomic mass is 9.72. The topological polar surface area (TPSA) is 58.2 Å². The number of hydrogen-bond acceptors (Lipinski definition) is 3. The van der Waals surface area contributed by atoms with Crippen molar-refractivity contribution < 1.29 is 9.59 Å². The zero-order valence-electron chi connectivity index (χ0n) is 20.3. The largest absolute Gasteiger partial charge is 0.322 e. The lowest BCUT2D eigenvalue weighted by Crippen LogP contribution is -2.27. The number of halogens is 1. The summed E-state index contributed by atoms with van der Waals surface area (Å²) in [6.45, 7) is 10.8. The molecule has 2 amide bonds. The van der Waals surface area contributed by atoms with Gasteiger partial charge in [-0.1, -0.05) is 62.2 Å². The third-order valence-corrected chi connectivity index (χ3v) is 8.19. The van der Waals surface area contributed by atoms with Gasteiger partial charge < -0.3 is 10.6 Å². The maximum atomic E-state index is 13.6. The Balaban J connectivity index is 1.71. The van der Waals surface area contributed by atoms with E-state index in [0.717, 1.165) is 41.6 Å². The van der Waals surface area contributed by atoms with Crippen molar-refractivity contribution in [1.82, 2.24) is 0 Å². The van der Waals surface area contributed by atoms with Crippen LogP contribution in [-0.4, -0.2) is 11.8 Å². The number of aryl methyl sites for hydroxylation is 2. The van der Waals surface area contributed by atoms with Crippen LogP contribution in [0.15, 0.2) is 42.5 Å². The molecule has 4 nitrogen and oxygen atoms in total. The van der Waals surface area contributed by atoms with Crippen LogP contribution in [0.2, 0.25) is 5.02 Å². The highest BCUT2D eigenvalue weighted by Gasteiger charge is 2.34. The van der Waals surface area contributed by atoms with E-state index in [1.54, 1.807) is 24.3 Å². The molecule has 2 aromatic carbocycles. The van der Waals surface area contributed by atoms with E-state index < -0.39 is 0 Å². The summed E-state index contributed by atoms with van der Waals surface area (Å²) >= 11 is 7.78. The number of thiophene rings is 1. The van der Waals surface area contributed by atoms with Gasteiger partial charge in [-0.2, -0.15) is 0 Å². The third kappa shape index (κ3) is 5.06. The van der Waals surface area contributed by atoms with Gasteiger partial charge in [-0.05, 0) is 73.8 Å². The minimum absolute atomic E-state index is 0.185. The smallest absolute Gasteiger partial charge is 0.258 e. The first kappa shape index (κ1) is 24.5. The van der Waals surface area contributed by atoms with Gasteiger partial charge in [0, 0.05) is 10.6 Å². The van der Waals surface area contributed by atoms with Gasteiger partial charge in [0.2, 0.25) is 0 Å². The van der Waals surface area contributed by atoms with E-state index in [4.69, 9.17) is 11.6 Å². The molecule has 0 radical (unpaired) electrons. The molecular formula is C28H31ClN2O2S. The Labute approximate surface area is 210 Å². The summed E-state index contributed by atoms with van der Waals surface area (Å²) in [6.07, 6.45) is 2.76. The quantitative estimate of drug-likeness (QED) is 0.390. The van der Waals surface area contributed by atoms with Crippen molar-refractivity contribution in [3.63, 3.8) is 0 Å². The van der Waals surface area contributed by atoms with Crippen molar-refractivity contribution in [2.75, 3.05) is 10.6 Å². The molecule has 3 aromatic rings. The van der Waals surface area contributed by atoms with Gasteiger partial charge in [-0.25, -0.2) is 0 Å². The number of benzene rings is 2. The van der Waals surface area contributed by atoms with Crippen LogP contribution < -0.4 is 10.6 Å². The maximum absolute atomic E-state index is 13.6. The van der Waals surface area contributed by atoms with E-state index in [-0.39, 0.29) is 17.2 Å². The van der Waals surface area contributed by atoms with E-state index in [2.05, 4.69) is 31.4 Å². The van der Waals surface area contributed by atoms with Crippen LogP contribution in [0.5, 0.6) is 0 Å². The zero-order valence-corrected chi connectivity index (χ0v) is 21.9. The fourth-order valence-electron chi connectivity index (χ4n) is 4.61. The highest BCUT2D eigenvalue weighted by molar-refractivity contribution is 7.17. The summed E-state index contributed by atoms with van der Waals surface area (Å²) in [4.78, 5) is 27.8. The SMILES string of the molecule is Cc1ccc(NC(=O)c2c(NC(=O)c3ccccc3Cl)sc3c2CCC(C(C)(C)C)C3)c(C)c1. The molecule has 0 spiro atoms. The normalized spacial score (nSPS) is 15.5. The van der Waals surface area contributed by atoms with Crippen molar-refractivity contribution in [2.24, 2.45) is 11.3 Å². The number of rotatable bonds is 4. The van der Waals surface area contributed by atoms with Crippen LogP contribution in [0.25, 0.3) is 0 Å². The first-order chi connectivity index (χ1) is 16.0. The molecule has 34 heavy (non-hydrogen) atoms. The molecule has 0 aliphatic heterocycles. The molecule has 1 heterocycles. The van der Waals surface area contributed by atoms with Gasteiger partial charge in [0.1, 0.15) is 5.00 Å². The highest BCUT2D eigenvalue weighted by Crippen LogP contribution is 2.44. The Morgan fingerprint density at radius 2 is 1.76 bits per heavy atom. The van der Waals surface area contributed by atoms with Crippen LogP contribution in [0.4, 0.5) is 10.7 Å². The second-order valence-corrected chi connectivity index (χ2v) is 11.7. The summed E-state index contributed by atoms with van der Waals surface area (Å²) < 4.78 is 0. The van der Waals surface area contributed by atoms with Gasteiger partial charge >= 0.3 is 0 Å². The van der Waals surface area contributed by atoms with Crippen LogP contribution in [-0.2, 0) is 12.8 Å². The van der Waals surface area contributed by atoms with Gasteiger partial charge in [-0.3, -0.25) is 9.59 Å². The van der Waals surface area contributed by atoms with E-state index in [9.17, 15) is 9.59 Å². The highest BCUT2D eigenvalue weighted by atomic mass is 35.5. The molecule has 2 N–H and O–H groups in total. The van der Waals surface area contributed by atoms with Crippen LogP contribution in [0.3, 0.4) is 0 Å². The predicted molar refractivity (Wildman–Crippen MR) is 143 cm³/mol. The predicted octanol–water partition coefficient (Wildman–Crippen LogP) is 7.67. The van der Waals surface area contributed by atoms with Gasteiger partial charge in [-0.15, -0.1) is 11.3 Å². The Morgan fingerprint density at radius 1 is 1.03 bits per heavy atom. The molecule has 6 heteroatoms. The molecule has 1 aliphatic carbocycles. The standard InChI is InChI=1S/C28H31ClN2O2S/c1-16-10-13-22(17(2)14-16)30-26(33)24-20-12-11-18(28(3,4)5)15-23(20)34-27(24)31-25(32)19-8-6-7-9-21(19)29/h6-10,13-14,18H,11-12,15H2,1-5H3,(H,30,33)(H,31,32). The number of carbonyl (C=O) groups is 2. The second-order valence-electron chi connectivity index (χ2n) is 10.2. The Kier molecular flexibility index (Phi) is 6.88.